The number of ether oxygens (including phenoxy) is 1. The van der Waals surface area contributed by atoms with Crippen molar-refractivity contribution in [1.82, 2.24) is 5.32 Å². The normalized spacial score (nSPS) is 12.3. The molecule has 0 saturated heterocycles. The predicted molar refractivity (Wildman–Crippen MR) is 78.6 cm³/mol. The van der Waals surface area contributed by atoms with E-state index in [0.717, 1.165) is 17.9 Å². The van der Waals surface area contributed by atoms with Crippen LogP contribution in [0.1, 0.15) is 23.4 Å². The highest BCUT2D eigenvalue weighted by molar-refractivity contribution is 7.09. The highest BCUT2D eigenvalue weighted by atomic mass is 32.1. The number of thiophene rings is 1. The molecule has 0 radical (unpaired) electrons. The third-order valence-corrected chi connectivity index (χ3v) is 3.76. The van der Waals surface area contributed by atoms with Crippen molar-refractivity contribution in [2.24, 2.45) is 0 Å². The Morgan fingerprint density at radius 2 is 2.05 bits per heavy atom. The van der Waals surface area contributed by atoms with Gasteiger partial charge in [0.15, 0.2) is 0 Å². The van der Waals surface area contributed by atoms with E-state index in [0.29, 0.717) is 6.61 Å². The van der Waals surface area contributed by atoms with Gasteiger partial charge in [0, 0.05) is 11.4 Å². The highest BCUT2D eigenvalue weighted by Crippen LogP contribution is 2.19. The topological polar surface area (TPSA) is 41.5 Å². The van der Waals surface area contributed by atoms with Crippen LogP contribution in [0.15, 0.2) is 41.8 Å². The Morgan fingerprint density at radius 1 is 1.26 bits per heavy atom. The summed E-state index contributed by atoms with van der Waals surface area (Å²) in [6.07, 6.45) is 0. The largest absolute Gasteiger partial charge is 0.494 e. The third kappa shape index (κ3) is 4.06. The number of hydrogen-bond donors (Lipinski definition) is 2. The second kappa shape index (κ2) is 7.28. The van der Waals surface area contributed by atoms with E-state index in [1.165, 1.54) is 4.88 Å². The van der Waals surface area contributed by atoms with Gasteiger partial charge in [-0.15, -0.1) is 11.3 Å². The van der Waals surface area contributed by atoms with Crippen LogP contribution in [0.25, 0.3) is 0 Å². The van der Waals surface area contributed by atoms with E-state index >= 15 is 0 Å². The average Bonchev–Trinajstić information content (AvgIpc) is 2.95. The van der Waals surface area contributed by atoms with Crippen molar-refractivity contribution in [3.8, 4) is 5.75 Å². The van der Waals surface area contributed by atoms with Crippen molar-refractivity contribution in [2.75, 3.05) is 13.2 Å². The van der Waals surface area contributed by atoms with Crippen LogP contribution in [0.2, 0.25) is 0 Å². The Morgan fingerprint density at radius 3 is 2.63 bits per heavy atom. The molecule has 0 spiro atoms. The lowest BCUT2D eigenvalue weighted by molar-refractivity contribution is 0.244. The smallest absolute Gasteiger partial charge is 0.119 e. The van der Waals surface area contributed by atoms with Gasteiger partial charge in [-0.2, -0.15) is 0 Å². The molecule has 1 heterocycles. The molecule has 0 saturated carbocycles. The number of aliphatic hydroxyl groups is 1. The standard InChI is InChI=1S/C15H19NO2S/c1-2-18-13-7-5-12(6-8-13)15(11-17)16-10-14-4-3-9-19-14/h3-9,15-17H,2,10-11H2,1H3. The van der Waals surface area contributed by atoms with E-state index in [-0.39, 0.29) is 12.6 Å². The first-order valence-corrected chi connectivity index (χ1v) is 7.31. The molecule has 0 aliphatic rings. The Labute approximate surface area is 117 Å². The molecule has 2 N–H and O–H groups in total. The van der Waals surface area contributed by atoms with Crippen molar-refractivity contribution in [2.45, 2.75) is 19.5 Å². The van der Waals surface area contributed by atoms with Crippen molar-refractivity contribution in [3.63, 3.8) is 0 Å². The Bertz CT molecular complexity index is 467. The summed E-state index contributed by atoms with van der Waals surface area (Å²) in [5.41, 5.74) is 1.07. The molecule has 0 bridgehead atoms. The number of nitrogens with one attached hydrogen (secondary N) is 1. The zero-order valence-electron chi connectivity index (χ0n) is 11.0. The summed E-state index contributed by atoms with van der Waals surface area (Å²) in [6, 6.07) is 11.9. The molecule has 3 nitrogen and oxygen atoms in total. The van der Waals surface area contributed by atoms with E-state index < -0.39 is 0 Å². The Hall–Kier alpha value is -1.36. The summed E-state index contributed by atoms with van der Waals surface area (Å²) < 4.78 is 5.41. The highest BCUT2D eigenvalue weighted by Gasteiger charge is 2.10. The van der Waals surface area contributed by atoms with Gasteiger partial charge in [0.25, 0.3) is 0 Å². The molecule has 4 heteroatoms. The maximum atomic E-state index is 9.49. The van der Waals surface area contributed by atoms with Gasteiger partial charge in [0.2, 0.25) is 0 Å². The minimum Gasteiger partial charge on any atom is -0.494 e. The van der Waals surface area contributed by atoms with Gasteiger partial charge in [0.05, 0.1) is 19.3 Å². The lowest BCUT2D eigenvalue weighted by Crippen LogP contribution is -2.23. The van der Waals surface area contributed by atoms with Crippen molar-refractivity contribution < 1.29 is 9.84 Å². The SMILES string of the molecule is CCOc1ccc(C(CO)NCc2cccs2)cc1. The maximum absolute atomic E-state index is 9.49. The molecule has 102 valence electrons. The van der Waals surface area contributed by atoms with Gasteiger partial charge in [-0.1, -0.05) is 18.2 Å². The first kappa shape index (κ1) is 14.1. The first-order valence-electron chi connectivity index (χ1n) is 6.43. The summed E-state index contributed by atoms with van der Waals surface area (Å²) in [4.78, 5) is 1.27. The molecule has 1 atom stereocenters. The van der Waals surface area contributed by atoms with Crippen LogP contribution < -0.4 is 10.1 Å². The molecule has 0 aliphatic carbocycles. The molecule has 0 fully saturated rings. The molecule has 19 heavy (non-hydrogen) atoms. The van der Waals surface area contributed by atoms with Crippen LogP contribution in [-0.4, -0.2) is 18.3 Å². The first-order chi connectivity index (χ1) is 9.33. The van der Waals surface area contributed by atoms with E-state index in [1.54, 1.807) is 11.3 Å². The summed E-state index contributed by atoms with van der Waals surface area (Å²) in [6.45, 7) is 3.49. The van der Waals surface area contributed by atoms with Gasteiger partial charge in [-0.05, 0) is 36.1 Å². The van der Waals surface area contributed by atoms with E-state index in [2.05, 4.69) is 16.8 Å². The zero-order chi connectivity index (χ0) is 13.5. The minimum atomic E-state index is -0.0437. The van der Waals surface area contributed by atoms with E-state index in [9.17, 15) is 5.11 Å². The second-order valence-electron chi connectivity index (χ2n) is 4.20. The molecular formula is C15H19NO2S. The molecule has 0 amide bonds. The van der Waals surface area contributed by atoms with Crippen LogP contribution in [0, 0.1) is 0 Å². The second-order valence-corrected chi connectivity index (χ2v) is 5.23. The lowest BCUT2D eigenvalue weighted by Gasteiger charge is -2.16. The number of rotatable bonds is 7. The fourth-order valence-electron chi connectivity index (χ4n) is 1.89. The molecule has 1 aromatic carbocycles. The van der Waals surface area contributed by atoms with Crippen molar-refractivity contribution in [3.05, 3.63) is 52.2 Å². The van der Waals surface area contributed by atoms with Crippen LogP contribution in [0.4, 0.5) is 0 Å². The third-order valence-electron chi connectivity index (χ3n) is 2.88. The van der Waals surface area contributed by atoms with Gasteiger partial charge in [-0.25, -0.2) is 0 Å². The van der Waals surface area contributed by atoms with E-state index in [1.807, 2.05) is 37.3 Å². The monoisotopic (exact) mass is 277 g/mol. The maximum Gasteiger partial charge on any atom is 0.119 e. The summed E-state index contributed by atoms with van der Waals surface area (Å²) >= 11 is 1.72. The van der Waals surface area contributed by atoms with Crippen LogP contribution in [-0.2, 0) is 6.54 Å². The van der Waals surface area contributed by atoms with Crippen LogP contribution >= 0.6 is 11.3 Å². The van der Waals surface area contributed by atoms with Crippen molar-refractivity contribution >= 4 is 11.3 Å². The molecule has 1 unspecified atom stereocenters. The van der Waals surface area contributed by atoms with Gasteiger partial charge >= 0.3 is 0 Å². The average molecular weight is 277 g/mol. The summed E-state index contributed by atoms with van der Waals surface area (Å²) in [7, 11) is 0. The van der Waals surface area contributed by atoms with Gasteiger partial charge in [-0.3, -0.25) is 0 Å². The lowest BCUT2D eigenvalue weighted by atomic mass is 10.1. The van der Waals surface area contributed by atoms with Crippen molar-refractivity contribution in [1.29, 1.82) is 0 Å². The number of benzene rings is 1. The quantitative estimate of drug-likeness (QED) is 0.817. The fraction of sp³-hybridized carbons (Fsp3) is 0.333. The van der Waals surface area contributed by atoms with E-state index in [4.69, 9.17) is 4.74 Å². The summed E-state index contributed by atoms with van der Waals surface area (Å²) in [5, 5.41) is 14.9. The Balaban J connectivity index is 1.96. The molecule has 1 aromatic heterocycles. The minimum absolute atomic E-state index is 0.0437. The predicted octanol–water partition coefficient (Wildman–Crippen LogP) is 2.97. The van der Waals surface area contributed by atoms with Crippen LogP contribution in [0.5, 0.6) is 5.75 Å². The summed E-state index contributed by atoms with van der Waals surface area (Å²) in [5.74, 6) is 0.862. The fourth-order valence-corrected chi connectivity index (χ4v) is 2.54. The number of hydrogen-bond acceptors (Lipinski definition) is 4. The van der Waals surface area contributed by atoms with Gasteiger partial charge < -0.3 is 15.2 Å². The Kier molecular flexibility index (Phi) is 5.39. The van der Waals surface area contributed by atoms with Crippen LogP contribution in [0.3, 0.4) is 0 Å². The zero-order valence-corrected chi connectivity index (χ0v) is 11.8. The number of aliphatic hydroxyl groups excluding tert-OH is 1. The molecular weight excluding hydrogens is 258 g/mol. The molecule has 0 aliphatic heterocycles. The molecule has 2 aromatic rings. The molecule has 2 rings (SSSR count). The van der Waals surface area contributed by atoms with Gasteiger partial charge in [0.1, 0.15) is 5.75 Å².